The highest BCUT2D eigenvalue weighted by Gasteiger charge is 2.63. The summed E-state index contributed by atoms with van der Waals surface area (Å²) in [5.74, 6) is -1.83. The van der Waals surface area contributed by atoms with Gasteiger partial charge in [0.25, 0.3) is 0 Å². The molecule has 1 unspecified atom stereocenters. The van der Waals surface area contributed by atoms with Crippen LogP contribution in [-0.2, 0) is 6.18 Å². The minimum absolute atomic E-state index is 0.0718. The first-order valence-electron chi connectivity index (χ1n) is 6.01. The Balaban J connectivity index is 2.09. The summed E-state index contributed by atoms with van der Waals surface area (Å²) in [5.41, 5.74) is -1.40. The molecule has 2 nitrogen and oxygen atoms in total. The number of aromatic nitrogens is 2. The molecule has 0 aliphatic heterocycles. The van der Waals surface area contributed by atoms with Crippen molar-refractivity contribution in [2.24, 2.45) is 5.41 Å². The van der Waals surface area contributed by atoms with Gasteiger partial charge in [-0.25, -0.2) is 9.97 Å². The minimum Gasteiger partial charge on any atom is -0.233 e. The molecule has 0 saturated heterocycles. The maximum atomic E-state index is 12.8. The molecule has 1 aliphatic rings. The highest BCUT2D eigenvalue weighted by molar-refractivity contribution is 5.14. The summed E-state index contributed by atoms with van der Waals surface area (Å²) in [6.07, 6.45) is -7.02. The first kappa shape index (κ1) is 15.1. The van der Waals surface area contributed by atoms with Crippen LogP contribution in [0.4, 0.5) is 26.3 Å². The van der Waals surface area contributed by atoms with Gasteiger partial charge in [-0.1, -0.05) is 6.92 Å². The Bertz CT molecular complexity index is 472. The van der Waals surface area contributed by atoms with E-state index in [-0.39, 0.29) is 24.8 Å². The summed E-state index contributed by atoms with van der Waals surface area (Å²) in [4.78, 5) is 6.33. The van der Waals surface area contributed by atoms with Crippen molar-refractivity contribution in [1.29, 1.82) is 0 Å². The number of nitrogens with zero attached hydrogens (tertiary/aromatic N) is 2. The lowest BCUT2D eigenvalue weighted by atomic mass is 9.89. The highest BCUT2D eigenvalue weighted by Crippen LogP contribution is 2.61. The molecule has 8 heteroatoms. The maximum Gasteiger partial charge on any atom is 0.451 e. The van der Waals surface area contributed by atoms with Crippen LogP contribution in [0.2, 0.25) is 0 Å². The van der Waals surface area contributed by atoms with Crippen LogP contribution in [0, 0.1) is 5.41 Å². The first-order valence-corrected chi connectivity index (χ1v) is 6.01. The van der Waals surface area contributed by atoms with Crippen LogP contribution in [-0.4, -0.2) is 16.1 Å². The summed E-state index contributed by atoms with van der Waals surface area (Å²) >= 11 is 0. The Morgan fingerprint density at radius 3 is 1.95 bits per heavy atom. The molecule has 1 aromatic rings. The molecular weight excluding hydrogens is 286 g/mol. The van der Waals surface area contributed by atoms with Crippen LogP contribution >= 0.6 is 0 Å². The lowest BCUT2D eigenvalue weighted by Gasteiger charge is -2.22. The van der Waals surface area contributed by atoms with E-state index in [0.717, 1.165) is 12.4 Å². The van der Waals surface area contributed by atoms with Crippen molar-refractivity contribution in [3.63, 3.8) is 0 Å². The number of hydrogen-bond donors (Lipinski definition) is 0. The Hall–Kier alpha value is -1.34. The molecule has 1 aromatic heterocycles. The van der Waals surface area contributed by atoms with Gasteiger partial charge in [0.05, 0.1) is 5.41 Å². The molecule has 2 rings (SSSR count). The average molecular weight is 298 g/mol. The summed E-state index contributed by atoms with van der Waals surface area (Å²) in [7, 11) is 0. The van der Waals surface area contributed by atoms with Gasteiger partial charge in [-0.3, -0.25) is 0 Å². The van der Waals surface area contributed by atoms with Crippen molar-refractivity contribution in [3.8, 4) is 0 Å². The van der Waals surface area contributed by atoms with Crippen LogP contribution in [0.25, 0.3) is 0 Å². The molecule has 20 heavy (non-hydrogen) atoms. The zero-order valence-electron chi connectivity index (χ0n) is 10.5. The summed E-state index contributed by atoms with van der Waals surface area (Å²) < 4.78 is 75.3. The fourth-order valence-corrected chi connectivity index (χ4v) is 2.20. The van der Waals surface area contributed by atoms with E-state index in [4.69, 9.17) is 0 Å². The first-order chi connectivity index (χ1) is 9.05. The van der Waals surface area contributed by atoms with Gasteiger partial charge in [0.15, 0.2) is 0 Å². The average Bonchev–Trinajstić information content (AvgIpc) is 3.08. The molecule has 1 aliphatic carbocycles. The van der Waals surface area contributed by atoms with Crippen molar-refractivity contribution < 1.29 is 26.3 Å². The second kappa shape index (κ2) is 4.60. The molecule has 1 saturated carbocycles. The quantitative estimate of drug-likeness (QED) is 0.776. The van der Waals surface area contributed by atoms with Crippen molar-refractivity contribution >= 4 is 0 Å². The molecule has 0 amide bonds. The molecule has 0 bridgehead atoms. The van der Waals surface area contributed by atoms with Crippen molar-refractivity contribution in [3.05, 3.63) is 23.8 Å². The molecule has 0 radical (unpaired) electrons. The van der Waals surface area contributed by atoms with E-state index in [1.165, 1.54) is 6.92 Å². The smallest absolute Gasteiger partial charge is 0.233 e. The Labute approximate surface area is 111 Å². The Kier molecular flexibility index (Phi) is 3.46. The maximum absolute atomic E-state index is 12.8. The SMILES string of the molecule is CC(CC1(C(F)(F)F)CC1)c1cnc(C(F)(F)F)nc1. The van der Waals surface area contributed by atoms with Crippen LogP contribution in [0.15, 0.2) is 12.4 Å². The number of alkyl halides is 6. The zero-order chi connectivity index (χ0) is 15.2. The normalized spacial score (nSPS) is 19.8. The Morgan fingerprint density at radius 1 is 1.10 bits per heavy atom. The van der Waals surface area contributed by atoms with Gasteiger partial charge in [-0.15, -0.1) is 0 Å². The minimum atomic E-state index is -4.65. The predicted octanol–water partition coefficient (Wildman–Crippen LogP) is 4.33. The van der Waals surface area contributed by atoms with E-state index < -0.39 is 29.5 Å². The van der Waals surface area contributed by atoms with Gasteiger partial charge < -0.3 is 0 Å². The molecule has 1 heterocycles. The monoisotopic (exact) mass is 298 g/mol. The zero-order valence-corrected chi connectivity index (χ0v) is 10.5. The van der Waals surface area contributed by atoms with E-state index in [0.29, 0.717) is 0 Å². The lowest BCUT2D eigenvalue weighted by molar-refractivity contribution is -0.190. The number of hydrogen-bond acceptors (Lipinski definition) is 2. The standard InChI is InChI=1S/C12H12F6N2/c1-7(4-10(2-3-10)12(16,17)18)8-5-19-9(20-6-8)11(13,14)15/h5-7H,2-4H2,1H3. The summed E-state index contributed by atoms with van der Waals surface area (Å²) in [6.45, 7) is 1.54. The summed E-state index contributed by atoms with van der Waals surface area (Å²) in [5, 5.41) is 0. The third-order valence-corrected chi connectivity index (χ3v) is 3.65. The highest BCUT2D eigenvalue weighted by atomic mass is 19.4. The molecule has 0 spiro atoms. The van der Waals surface area contributed by atoms with Crippen molar-refractivity contribution in [2.45, 2.75) is 44.5 Å². The van der Waals surface area contributed by atoms with Gasteiger partial charge in [0.2, 0.25) is 5.82 Å². The molecule has 1 fully saturated rings. The molecule has 1 atom stereocenters. The van der Waals surface area contributed by atoms with Gasteiger partial charge >= 0.3 is 12.4 Å². The van der Waals surface area contributed by atoms with Crippen LogP contribution in [0.3, 0.4) is 0 Å². The topological polar surface area (TPSA) is 25.8 Å². The van der Waals surface area contributed by atoms with Gasteiger partial charge in [-0.2, -0.15) is 26.3 Å². The third kappa shape index (κ3) is 2.88. The van der Waals surface area contributed by atoms with Crippen LogP contribution in [0.1, 0.15) is 43.5 Å². The fourth-order valence-electron chi connectivity index (χ4n) is 2.20. The predicted molar refractivity (Wildman–Crippen MR) is 57.8 cm³/mol. The van der Waals surface area contributed by atoms with Crippen LogP contribution < -0.4 is 0 Å². The van der Waals surface area contributed by atoms with E-state index >= 15 is 0 Å². The Morgan fingerprint density at radius 2 is 1.60 bits per heavy atom. The van der Waals surface area contributed by atoms with Gasteiger partial charge in [-0.05, 0) is 30.7 Å². The molecule has 0 N–H and O–H groups in total. The lowest BCUT2D eigenvalue weighted by Crippen LogP contribution is -2.26. The molecule has 112 valence electrons. The largest absolute Gasteiger partial charge is 0.451 e. The van der Waals surface area contributed by atoms with E-state index in [1.54, 1.807) is 0 Å². The van der Waals surface area contributed by atoms with Crippen molar-refractivity contribution in [2.75, 3.05) is 0 Å². The molecular formula is C12H12F6N2. The number of rotatable bonds is 3. The second-order valence-corrected chi connectivity index (χ2v) is 5.22. The van der Waals surface area contributed by atoms with E-state index in [9.17, 15) is 26.3 Å². The van der Waals surface area contributed by atoms with E-state index in [1.807, 2.05) is 0 Å². The number of halogens is 6. The fraction of sp³-hybridized carbons (Fsp3) is 0.667. The van der Waals surface area contributed by atoms with Crippen molar-refractivity contribution in [1.82, 2.24) is 9.97 Å². The second-order valence-electron chi connectivity index (χ2n) is 5.22. The third-order valence-electron chi connectivity index (χ3n) is 3.65. The van der Waals surface area contributed by atoms with Gasteiger partial charge in [0.1, 0.15) is 0 Å². The van der Waals surface area contributed by atoms with Crippen LogP contribution in [0.5, 0.6) is 0 Å². The van der Waals surface area contributed by atoms with E-state index in [2.05, 4.69) is 9.97 Å². The summed E-state index contributed by atoms with van der Waals surface area (Å²) in [6, 6.07) is 0. The van der Waals surface area contributed by atoms with Gasteiger partial charge in [0, 0.05) is 12.4 Å². The molecule has 0 aromatic carbocycles.